The average molecular weight is 166 g/mol. The second-order valence-corrected chi connectivity index (χ2v) is 2.64. The van der Waals surface area contributed by atoms with Crippen molar-refractivity contribution in [2.75, 3.05) is 6.54 Å². The van der Waals surface area contributed by atoms with Crippen molar-refractivity contribution in [1.29, 1.82) is 0 Å². The Morgan fingerprint density at radius 3 is 2.50 bits per heavy atom. The van der Waals surface area contributed by atoms with Gasteiger partial charge < -0.3 is 10.4 Å². The molecule has 1 saturated heterocycles. The van der Waals surface area contributed by atoms with Crippen LogP contribution in [0.25, 0.3) is 0 Å². The molecule has 0 aliphatic carbocycles. The van der Waals surface area contributed by atoms with Gasteiger partial charge in [0, 0.05) is 0 Å². The van der Waals surface area contributed by atoms with Crippen LogP contribution in [0.15, 0.2) is 0 Å². The highest BCUT2D eigenvalue weighted by Crippen LogP contribution is 2.11. The Morgan fingerprint density at radius 2 is 2.30 bits per heavy atom. The first-order valence-corrected chi connectivity index (χ1v) is 3.16. The Morgan fingerprint density at radius 1 is 1.70 bits per heavy atom. The minimum absolute atomic E-state index is 0. The summed E-state index contributed by atoms with van der Waals surface area (Å²) in [6.07, 6.45) is 0.773. The maximum absolute atomic E-state index is 10.3. The fourth-order valence-electron chi connectivity index (χ4n) is 1.10. The maximum atomic E-state index is 10.3. The van der Waals surface area contributed by atoms with Crippen LogP contribution in [0.4, 0.5) is 0 Å². The quantitative estimate of drug-likeness (QED) is 0.595. The fraction of sp³-hybridized carbons (Fsp3) is 0.833. The summed E-state index contributed by atoms with van der Waals surface area (Å²) in [6.45, 7) is 2.90. The predicted molar refractivity (Wildman–Crippen MR) is 40.5 cm³/mol. The minimum Gasteiger partial charge on any atom is -0.480 e. The highest BCUT2D eigenvalue weighted by atomic mass is 35.5. The number of halogens is 1. The molecule has 0 spiro atoms. The number of carboxylic acid groups (broad SMARTS) is 1. The second-order valence-electron chi connectivity index (χ2n) is 2.64. The van der Waals surface area contributed by atoms with E-state index in [4.69, 9.17) is 5.11 Å². The van der Waals surface area contributed by atoms with Crippen LogP contribution in [0, 0.1) is 5.92 Å². The summed E-state index contributed by atoms with van der Waals surface area (Å²) in [4.78, 5) is 10.3. The average Bonchev–Trinajstić information content (AvgIpc) is 2.14. The first kappa shape index (κ1) is 9.72. The van der Waals surface area contributed by atoms with Gasteiger partial charge in [0.05, 0.1) is 0 Å². The third-order valence-corrected chi connectivity index (χ3v) is 1.65. The molecular formula is C6H12ClNO2. The van der Waals surface area contributed by atoms with Gasteiger partial charge in [-0.3, -0.25) is 4.79 Å². The minimum atomic E-state index is -0.723. The van der Waals surface area contributed by atoms with Crippen molar-refractivity contribution >= 4 is 18.4 Å². The van der Waals surface area contributed by atoms with Gasteiger partial charge in [0.25, 0.3) is 0 Å². The topological polar surface area (TPSA) is 49.3 Å². The molecule has 0 saturated carbocycles. The van der Waals surface area contributed by atoms with Gasteiger partial charge in [-0.2, -0.15) is 0 Å². The molecule has 1 aliphatic rings. The SMILES string of the molecule is C[C@@H]1CN[C@@H](C(=O)O)C1.Cl. The first-order valence-electron chi connectivity index (χ1n) is 3.16. The predicted octanol–water partition coefficient (Wildman–Crippen LogP) is 0.491. The van der Waals surface area contributed by atoms with E-state index >= 15 is 0 Å². The van der Waals surface area contributed by atoms with E-state index in [9.17, 15) is 4.79 Å². The van der Waals surface area contributed by atoms with E-state index in [1.807, 2.05) is 0 Å². The van der Waals surface area contributed by atoms with E-state index in [-0.39, 0.29) is 18.4 Å². The molecule has 1 heterocycles. The van der Waals surface area contributed by atoms with Gasteiger partial charge in [-0.1, -0.05) is 6.92 Å². The summed E-state index contributed by atoms with van der Waals surface area (Å²) in [5.74, 6) is -0.203. The van der Waals surface area contributed by atoms with E-state index < -0.39 is 5.97 Å². The number of hydrogen-bond acceptors (Lipinski definition) is 2. The number of hydrogen-bond donors (Lipinski definition) is 2. The third-order valence-electron chi connectivity index (χ3n) is 1.65. The molecule has 2 N–H and O–H groups in total. The molecule has 1 aliphatic heterocycles. The molecule has 0 aromatic heterocycles. The summed E-state index contributed by atoms with van der Waals surface area (Å²) < 4.78 is 0. The van der Waals surface area contributed by atoms with Gasteiger partial charge >= 0.3 is 5.97 Å². The van der Waals surface area contributed by atoms with Crippen LogP contribution < -0.4 is 5.32 Å². The molecule has 3 nitrogen and oxygen atoms in total. The summed E-state index contributed by atoms with van der Waals surface area (Å²) in [7, 11) is 0. The molecule has 0 aromatic rings. The molecule has 0 amide bonds. The van der Waals surface area contributed by atoms with Crippen molar-refractivity contribution in [3.63, 3.8) is 0 Å². The summed E-state index contributed by atoms with van der Waals surface area (Å²) in [5, 5.41) is 11.4. The highest BCUT2D eigenvalue weighted by Gasteiger charge is 2.25. The molecule has 60 valence electrons. The zero-order chi connectivity index (χ0) is 6.85. The van der Waals surface area contributed by atoms with Crippen LogP contribution in [0.5, 0.6) is 0 Å². The smallest absolute Gasteiger partial charge is 0.320 e. The number of aliphatic carboxylic acids is 1. The fourth-order valence-corrected chi connectivity index (χ4v) is 1.10. The van der Waals surface area contributed by atoms with Gasteiger partial charge in [0.15, 0.2) is 0 Å². The molecule has 0 bridgehead atoms. The molecule has 0 unspecified atom stereocenters. The largest absolute Gasteiger partial charge is 0.480 e. The monoisotopic (exact) mass is 165 g/mol. The van der Waals surface area contributed by atoms with Gasteiger partial charge in [-0.25, -0.2) is 0 Å². The number of carbonyl (C=O) groups is 1. The lowest BCUT2D eigenvalue weighted by Crippen LogP contribution is -2.29. The highest BCUT2D eigenvalue weighted by molar-refractivity contribution is 5.85. The molecule has 0 aromatic carbocycles. The standard InChI is InChI=1S/C6H11NO2.ClH/c1-4-2-5(6(8)9)7-3-4;/h4-5,7H,2-3H2,1H3,(H,8,9);1H/t4-,5+;/m0./s1. The van der Waals surface area contributed by atoms with Crippen LogP contribution in [-0.4, -0.2) is 23.7 Å². The lowest BCUT2D eigenvalue weighted by molar-refractivity contribution is -0.139. The van der Waals surface area contributed by atoms with Crippen LogP contribution >= 0.6 is 12.4 Å². The number of rotatable bonds is 1. The van der Waals surface area contributed by atoms with Gasteiger partial charge in [0.1, 0.15) is 6.04 Å². The molecule has 0 radical (unpaired) electrons. The Kier molecular flexibility index (Phi) is 3.68. The number of carboxylic acids is 1. The summed E-state index contributed by atoms with van der Waals surface area (Å²) in [5.41, 5.74) is 0. The Labute approximate surface area is 66.2 Å². The van der Waals surface area contributed by atoms with Crippen molar-refractivity contribution < 1.29 is 9.90 Å². The lowest BCUT2D eigenvalue weighted by Gasteiger charge is -2.00. The summed E-state index contributed by atoms with van der Waals surface area (Å²) in [6, 6.07) is -0.292. The Balaban J connectivity index is 0.000000810. The lowest BCUT2D eigenvalue weighted by atomic mass is 10.1. The van der Waals surface area contributed by atoms with Gasteiger partial charge in [-0.05, 0) is 18.9 Å². The van der Waals surface area contributed by atoms with Crippen LogP contribution in [0.3, 0.4) is 0 Å². The molecule has 1 rings (SSSR count). The van der Waals surface area contributed by atoms with E-state index in [1.165, 1.54) is 0 Å². The first-order chi connectivity index (χ1) is 4.20. The normalized spacial score (nSPS) is 31.3. The molecule has 2 atom stereocenters. The van der Waals surface area contributed by atoms with E-state index in [1.54, 1.807) is 0 Å². The zero-order valence-corrected chi connectivity index (χ0v) is 6.65. The molecule has 1 fully saturated rings. The van der Waals surface area contributed by atoms with E-state index in [0.717, 1.165) is 13.0 Å². The molecule has 4 heteroatoms. The Bertz CT molecular complexity index is 129. The van der Waals surface area contributed by atoms with Crippen LogP contribution in [0.1, 0.15) is 13.3 Å². The molecule has 10 heavy (non-hydrogen) atoms. The summed E-state index contributed by atoms with van der Waals surface area (Å²) >= 11 is 0. The van der Waals surface area contributed by atoms with Crippen LogP contribution in [0.2, 0.25) is 0 Å². The van der Waals surface area contributed by atoms with Crippen LogP contribution in [-0.2, 0) is 4.79 Å². The van der Waals surface area contributed by atoms with Crippen molar-refractivity contribution in [1.82, 2.24) is 5.32 Å². The van der Waals surface area contributed by atoms with Crippen molar-refractivity contribution in [3.05, 3.63) is 0 Å². The van der Waals surface area contributed by atoms with Crippen molar-refractivity contribution in [2.24, 2.45) is 5.92 Å². The maximum Gasteiger partial charge on any atom is 0.320 e. The molecular weight excluding hydrogens is 154 g/mol. The zero-order valence-electron chi connectivity index (χ0n) is 5.83. The Hall–Kier alpha value is -0.280. The van der Waals surface area contributed by atoms with Gasteiger partial charge in [0.2, 0.25) is 0 Å². The van der Waals surface area contributed by atoms with E-state index in [2.05, 4.69) is 12.2 Å². The third kappa shape index (κ3) is 2.15. The van der Waals surface area contributed by atoms with Gasteiger partial charge in [-0.15, -0.1) is 12.4 Å². The van der Waals surface area contributed by atoms with Crippen molar-refractivity contribution in [3.8, 4) is 0 Å². The van der Waals surface area contributed by atoms with Crippen molar-refractivity contribution in [2.45, 2.75) is 19.4 Å². The second kappa shape index (κ2) is 3.78. The van der Waals surface area contributed by atoms with E-state index in [0.29, 0.717) is 5.92 Å². The number of nitrogens with one attached hydrogen (secondary N) is 1.